The molecule has 1 unspecified atom stereocenters. The van der Waals surface area contributed by atoms with E-state index in [1.54, 1.807) is 12.4 Å². The van der Waals surface area contributed by atoms with Gasteiger partial charge in [-0.15, -0.1) is 0 Å². The third-order valence-corrected chi connectivity index (χ3v) is 2.97. The molecule has 1 aromatic heterocycles. The van der Waals surface area contributed by atoms with Gasteiger partial charge in [0.2, 0.25) is 5.95 Å². The van der Waals surface area contributed by atoms with Crippen LogP contribution < -0.4 is 10.6 Å². The van der Waals surface area contributed by atoms with Crippen LogP contribution >= 0.6 is 0 Å². The predicted molar refractivity (Wildman–Crippen MR) is 83.9 cm³/mol. The second-order valence-electron chi connectivity index (χ2n) is 5.27. The fraction of sp³-hybridized carbons (Fsp3) is 0.375. The average molecular weight is 286 g/mol. The van der Waals surface area contributed by atoms with Crippen molar-refractivity contribution in [1.29, 1.82) is 0 Å². The van der Waals surface area contributed by atoms with E-state index in [0.29, 0.717) is 25.1 Å². The molecule has 0 aliphatic heterocycles. The number of aliphatic hydroxyl groups excluding tert-OH is 1. The van der Waals surface area contributed by atoms with Crippen molar-refractivity contribution in [1.82, 2.24) is 15.3 Å². The van der Waals surface area contributed by atoms with Crippen LogP contribution in [0.2, 0.25) is 0 Å². The van der Waals surface area contributed by atoms with E-state index < -0.39 is 6.10 Å². The van der Waals surface area contributed by atoms with Crippen molar-refractivity contribution < 1.29 is 5.11 Å². The summed E-state index contributed by atoms with van der Waals surface area (Å²) in [6, 6.07) is 9.94. The number of nitrogens with zero attached hydrogens (tertiary/aromatic N) is 2. The maximum absolute atomic E-state index is 10.0. The molecule has 112 valence electrons. The van der Waals surface area contributed by atoms with E-state index in [0.717, 1.165) is 11.1 Å². The van der Waals surface area contributed by atoms with Crippen LogP contribution in [0.3, 0.4) is 0 Å². The molecule has 0 spiro atoms. The minimum absolute atomic E-state index is 0.315. The van der Waals surface area contributed by atoms with Gasteiger partial charge < -0.3 is 15.7 Å². The fourth-order valence-corrected chi connectivity index (χ4v) is 1.93. The Labute approximate surface area is 125 Å². The Bertz CT molecular complexity index is 528. The number of hydrogen-bond acceptors (Lipinski definition) is 5. The van der Waals surface area contributed by atoms with Gasteiger partial charge in [0.05, 0.1) is 6.10 Å². The van der Waals surface area contributed by atoms with Crippen LogP contribution in [0.1, 0.15) is 31.1 Å². The van der Waals surface area contributed by atoms with Crippen molar-refractivity contribution in [2.75, 3.05) is 11.9 Å². The highest BCUT2D eigenvalue weighted by Gasteiger charge is 2.06. The second kappa shape index (κ2) is 7.71. The highest BCUT2D eigenvalue weighted by atomic mass is 16.3. The van der Waals surface area contributed by atoms with Crippen molar-refractivity contribution >= 4 is 5.95 Å². The molecule has 0 radical (unpaired) electrons. The molecule has 0 saturated heterocycles. The van der Waals surface area contributed by atoms with Crippen LogP contribution in [0.25, 0.3) is 0 Å². The molecular weight excluding hydrogens is 264 g/mol. The molecule has 21 heavy (non-hydrogen) atoms. The Balaban J connectivity index is 1.78. The zero-order valence-electron chi connectivity index (χ0n) is 12.5. The summed E-state index contributed by atoms with van der Waals surface area (Å²) in [6.45, 7) is 5.22. The minimum Gasteiger partial charge on any atom is -0.387 e. The molecule has 0 saturated carbocycles. The van der Waals surface area contributed by atoms with Gasteiger partial charge in [0.25, 0.3) is 0 Å². The van der Waals surface area contributed by atoms with Crippen LogP contribution in [-0.2, 0) is 6.54 Å². The van der Waals surface area contributed by atoms with Crippen LogP contribution in [0.5, 0.6) is 0 Å². The standard InChI is InChI=1S/C16H22N4O/c1-12(2)20-16-18-9-13(10-19-16)8-17-11-15(21)14-6-4-3-5-7-14/h3-7,9-10,12,15,17,21H,8,11H2,1-2H3,(H,18,19,20). The van der Waals surface area contributed by atoms with Gasteiger partial charge in [-0.25, -0.2) is 9.97 Å². The predicted octanol–water partition coefficient (Wildman–Crippen LogP) is 2.12. The summed E-state index contributed by atoms with van der Waals surface area (Å²) in [5, 5.41) is 16.4. The maximum Gasteiger partial charge on any atom is 0.222 e. The monoisotopic (exact) mass is 286 g/mol. The molecular formula is C16H22N4O. The molecule has 5 nitrogen and oxygen atoms in total. The zero-order valence-corrected chi connectivity index (χ0v) is 12.5. The van der Waals surface area contributed by atoms with Crippen LogP contribution in [0.15, 0.2) is 42.7 Å². The molecule has 2 rings (SSSR count). The quantitative estimate of drug-likeness (QED) is 0.727. The summed E-state index contributed by atoms with van der Waals surface area (Å²) < 4.78 is 0. The van der Waals surface area contributed by atoms with Crippen LogP contribution in [-0.4, -0.2) is 27.7 Å². The smallest absolute Gasteiger partial charge is 0.222 e. The van der Waals surface area contributed by atoms with Crippen molar-refractivity contribution in [2.24, 2.45) is 0 Å². The van der Waals surface area contributed by atoms with Gasteiger partial charge in [-0.1, -0.05) is 30.3 Å². The van der Waals surface area contributed by atoms with E-state index >= 15 is 0 Å². The highest BCUT2D eigenvalue weighted by Crippen LogP contribution is 2.10. The van der Waals surface area contributed by atoms with Crippen LogP contribution in [0, 0.1) is 0 Å². The normalized spacial score (nSPS) is 12.4. The molecule has 1 aromatic carbocycles. The van der Waals surface area contributed by atoms with Crippen molar-refractivity contribution in [3.8, 4) is 0 Å². The fourth-order valence-electron chi connectivity index (χ4n) is 1.93. The van der Waals surface area contributed by atoms with Gasteiger partial charge >= 0.3 is 0 Å². The summed E-state index contributed by atoms with van der Waals surface area (Å²) in [5.74, 6) is 0.637. The Morgan fingerprint density at radius 1 is 1.10 bits per heavy atom. The Kier molecular flexibility index (Phi) is 5.66. The third kappa shape index (κ3) is 5.13. The summed E-state index contributed by atoms with van der Waals surface area (Å²) in [6.07, 6.45) is 3.08. The van der Waals surface area contributed by atoms with Crippen molar-refractivity contribution in [3.63, 3.8) is 0 Å². The van der Waals surface area contributed by atoms with Crippen molar-refractivity contribution in [3.05, 3.63) is 53.9 Å². The largest absolute Gasteiger partial charge is 0.387 e. The van der Waals surface area contributed by atoms with E-state index in [4.69, 9.17) is 0 Å². The van der Waals surface area contributed by atoms with Gasteiger partial charge in [-0.3, -0.25) is 0 Å². The maximum atomic E-state index is 10.0. The number of aromatic nitrogens is 2. The van der Waals surface area contributed by atoms with Gasteiger partial charge in [0.15, 0.2) is 0 Å². The lowest BCUT2D eigenvalue weighted by Crippen LogP contribution is -2.21. The number of rotatable bonds is 7. The SMILES string of the molecule is CC(C)Nc1ncc(CNCC(O)c2ccccc2)cn1. The molecule has 0 aliphatic rings. The summed E-state index contributed by atoms with van der Waals surface area (Å²) in [4.78, 5) is 8.50. The molecule has 0 bridgehead atoms. The van der Waals surface area contributed by atoms with E-state index in [1.165, 1.54) is 0 Å². The first-order chi connectivity index (χ1) is 10.1. The highest BCUT2D eigenvalue weighted by molar-refractivity contribution is 5.25. The second-order valence-corrected chi connectivity index (χ2v) is 5.27. The molecule has 0 amide bonds. The van der Waals surface area contributed by atoms with E-state index in [1.807, 2.05) is 44.2 Å². The third-order valence-electron chi connectivity index (χ3n) is 2.97. The molecule has 0 aliphatic carbocycles. The van der Waals surface area contributed by atoms with Gasteiger partial charge in [-0.2, -0.15) is 0 Å². The van der Waals surface area contributed by atoms with Gasteiger partial charge in [0, 0.05) is 37.1 Å². The average Bonchev–Trinajstić information content (AvgIpc) is 2.49. The number of aliphatic hydroxyl groups is 1. The Hall–Kier alpha value is -1.98. The minimum atomic E-state index is -0.506. The topological polar surface area (TPSA) is 70.1 Å². The number of benzene rings is 1. The number of anilines is 1. The van der Waals surface area contributed by atoms with E-state index in [-0.39, 0.29) is 0 Å². The molecule has 3 N–H and O–H groups in total. The summed E-state index contributed by atoms with van der Waals surface area (Å²) in [5.41, 5.74) is 1.90. The first-order valence-corrected chi connectivity index (χ1v) is 7.16. The molecule has 5 heteroatoms. The summed E-state index contributed by atoms with van der Waals surface area (Å²) in [7, 11) is 0. The zero-order chi connectivity index (χ0) is 15.1. The van der Waals surface area contributed by atoms with Gasteiger partial charge in [0.1, 0.15) is 0 Å². The Morgan fingerprint density at radius 3 is 2.38 bits per heavy atom. The lowest BCUT2D eigenvalue weighted by molar-refractivity contribution is 0.174. The first-order valence-electron chi connectivity index (χ1n) is 7.16. The lowest BCUT2D eigenvalue weighted by Gasteiger charge is -2.12. The van der Waals surface area contributed by atoms with E-state index in [9.17, 15) is 5.11 Å². The number of nitrogens with one attached hydrogen (secondary N) is 2. The lowest BCUT2D eigenvalue weighted by atomic mass is 10.1. The molecule has 1 heterocycles. The summed E-state index contributed by atoms with van der Waals surface area (Å²) >= 11 is 0. The Morgan fingerprint density at radius 2 is 1.76 bits per heavy atom. The first kappa shape index (κ1) is 15.4. The van der Waals surface area contributed by atoms with E-state index in [2.05, 4.69) is 20.6 Å². The van der Waals surface area contributed by atoms with Crippen molar-refractivity contribution in [2.45, 2.75) is 32.5 Å². The molecule has 1 atom stereocenters. The molecule has 2 aromatic rings. The number of hydrogen-bond donors (Lipinski definition) is 3. The van der Waals surface area contributed by atoms with Crippen LogP contribution in [0.4, 0.5) is 5.95 Å². The molecule has 0 fully saturated rings. The van der Waals surface area contributed by atoms with Gasteiger partial charge in [-0.05, 0) is 19.4 Å².